The quantitative estimate of drug-likeness (QED) is 0.593. The van der Waals surface area contributed by atoms with Crippen LogP contribution in [0.5, 0.6) is 0 Å². The number of hydrogen-bond acceptors (Lipinski definition) is 4. The minimum atomic E-state index is -0.403. The fraction of sp³-hybridized carbons (Fsp3) is 0.895. The Bertz CT molecular complexity index is 563. The van der Waals surface area contributed by atoms with Crippen LogP contribution in [0.15, 0.2) is 0 Å². The third kappa shape index (κ3) is 1.45. The number of ether oxygens (including phenoxy) is 2. The van der Waals surface area contributed by atoms with Gasteiger partial charge in [-0.1, -0.05) is 0 Å². The molecule has 7 fully saturated rings. The van der Waals surface area contributed by atoms with Crippen LogP contribution in [-0.2, 0) is 19.1 Å². The van der Waals surface area contributed by atoms with E-state index in [-0.39, 0.29) is 29.3 Å². The van der Waals surface area contributed by atoms with Crippen molar-refractivity contribution in [2.75, 3.05) is 0 Å². The fourth-order valence-electron chi connectivity index (χ4n) is 8.66. The van der Waals surface area contributed by atoms with Crippen molar-refractivity contribution >= 4 is 12.4 Å². The van der Waals surface area contributed by atoms with Gasteiger partial charge in [-0.15, -0.1) is 0 Å². The SMILES string of the molecule is O=COC12CC3C(=O)OC(C3C1)C2C12CC3CC(CC(C3)C1)C2. The zero-order valence-corrected chi connectivity index (χ0v) is 13.4. The van der Waals surface area contributed by atoms with Gasteiger partial charge in [0.05, 0.1) is 5.92 Å². The van der Waals surface area contributed by atoms with Gasteiger partial charge in [0.1, 0.15) is 11.7 Å². The number of hydrogen-bond donors (Lipinski definition) is 0. The highest BCUT2D eigenvalue weighted by atomic mass is 16.6. The predicted octanol–water partition coefficient (Wildman–Crippen LogP) is 2.70. The topological polar surface area (TPSA) is 52.6 Å². The Kier molecular flexibility index (Phi) is 2.27. The molecule has 0 amide bonds. The molecule has 1 saturated heterocycles. The lowest BCUT2D eigenvalue weighted by Crippen LogP contribution is -2.58. The molecule has 0 N–H and O–H groups in total. The van der Waals surface area contributed by atoms with Gasteiger partial charge in [0.2, 0.25) is 0 Å². The van der Waals surface area contributed by atoms with Gasteiger partial charge in [-0.25, -0.2) is 0 Å². The van der Waals surface area contributed by atoms with Crippen LogP contribution >= 0.6 is 0 Å². The number of rotatable bonds is 3. The van der Waals surface area contributed by atoms with Crippen molar-refractivity contribution < 1.29 is 19.1 Å². The smallest absolute Gasteiger partial charge is 0.309 e. The predicted molar refractivity (Wildman–Crippen MR) is 80.1 cm³/mol. The highest BCUT2D eigenvalue weighted by Crippen LogP contribution is 2.72. The number of esters is 1. The lowest BCUT2D eigenvalue weighted by atomic mass is 9.44. The van der Waals surface area contributed by atoms with Crippen molar-refractivity contribution in [2.45, 2.75) is 63.1 Å². The fourth-order valence-corrected chi connectivity index (χ4v) is 8.66. The lowest BCUT2D eigenvalue weighted by molar-refractivity contribution is -0.186. The largest absolute Gasteiger partial charge is 0.461 e. The van der Waals surface area contributed by atoms with Crippen molar-refractivity contribution in [3.05, 3.63) is 0 Å². The molecular formula is C19H24O4. The highest BCUT2D eigenvalue weighted by molar-refractivity contribution is 5.77. The Balaban J connectivity index is 1.45. The zero-order valence-electron chi connectivity index (χ0n) is 13.4. The minimum Gasteiger partial charge on any atom is -0.461 e. The summed E-state index contributed by atoms with van der Waals surface area (Å²) in [6.45, 7) is 0.644. The van der Waals surface area contributed by atoms with Crippen LogP contribution in [0.4, 0.5) is 0 Å². The Morgan fingerprint density at radius 3 is 2.26 bits per heavy atom. The van der Waals surface area contributed by atoms with E-state index in [9.17, 15) is 9.59 Å². The van der Waals surface area contributed by atoms with E-state index in [1.54, 1.807) is 0 Å². The van der Waals surface area contributed by atoms with E-state index >= 15 is 0 Å². The molecule has 4 nitrogen and oxygen atoms in total. The summed E-state index contributed by atoms with van der Waals surface area (Å²) in [4.78, 5) is 23.5. The second-order valence-corrected chi connectivity index (χ2v) is 9.62. The summed E-state index contributed by atoms with van der Waals surface area (Å²) < 4.78 is 11.7. The highest BCUT2D eigenvalue weighted by Gasteiger charge is 2.75. The Morgan fingerprint density at radius 2 is 1.65 bits per heavy atom. The molecule has 6 aliphatic carbocycles. The molecule has 4 heteroatoms. The van der Waals surface area contributed by atoms with Crippen LogP contribution in [0.1, 0.15) is 51.4 Å². The van der Waals surface area contributed by atoms with Crippen LogP contribution in [0.3, 0.4) is 0 Å². The second kappa shape index (κ2) is 3.94. The summed E-state index contributed by atoms with van der Waals surface area (Å²) in [5, 5.41) is 0. The summed E-state index contributed by atoms with van der Waals surface area (Å²) in [5.41, 5.74) is -0.133. The summed E-state index contributed by atoms with van der Waals surface area (Å²) in [6.07, 6.45) is 9.66. The first-order valence-corrected chi connectivity index (χ1v) is 9.44. The average Bonchev–Trinajstić information content (AvgIpc) is 3.04. The first kappa shape index (κ1) is 13.3. The molecule has 6 bridgehead atoms. The van der Waals surface area contributed by atoms with Gasteiger partial charge in [0.15, 0.2) is 0 Å². The summed E-state index contributed by atoms with van der Waals surface area (Å²) >= 11 is 0. The average molecular weight is 316 g/mol. The minimum absolute atomic E-state index is 0.00916. The molecule has 1 aliphatic heterocycles. The van der Waals surface area contributed by atoms with E-state index in [4.69, 9.17) is 9.47 Å². The van der Waals surface area contributed by atoms with Gasteiger partial charge in [0, 0.05) is 18.3 Å². The maximum atomic E-state index is 12.2. The zero-order chi connectivity index (χ0) is 15.4. The summed E-state index contributed by atoms with van der Waals surface area (Å²) in [5.74, 6) is 3.13. The summed E-state index contributed by atoms with van der Waals surface area (Å²) in [7, 11) is 0. The Labute approximate surface area is 136 Å². The molecule has 6 saturated carbocycles. The monoisotopic (exact) mass is 316 g/mol. The van der Waals surface area contributed by atoms with Gasteiger partial charge in [-0.3, -0.25) is 9.59 Å². The standard InChI is InChI=1S/C19H24O4/c20-9-22-19-7-13-14(8-19)17(21)23-15(13)16(19)18-4-10-1-11(5-18)3-12(2-10)6-18/h9-16H,1-8H2. The molecule has 5 unspecified atom stereocenters. The third-order valence-corrected chi connectivity index (χ3v) is 8.56. The van der Waals surface area contributed by atoms with E-state index in [2.05, 4.69) is 0 Å². The molecule has 0 spiro atoms. The summed E-state index contributed by atoms with van der Waals surface area (Å²) in [6, 6.07) is 0. The van der Waals surface area contributed by atoms with E-state index in [0.29, 0.717) is 12.4 Å². The Morgan fingerprint density at radius 1 is 1.00 bits per heavy atom. The van der Waals surface area contributed by atoms with Crippen molar-refractivity contribution in [1.29, 1.82) is 0 Å². The van der Waals surface area contributed by atoms with Gasteiger partial charge in [-0.05, 0) is 68.1 Å². The molecule has 0 aromatic rings. The van der Waals surface area contributed by atoms with Crippen LogP contribution in [0, 0.1) is 40.9 Å². The van der Waals surface area contributed by atoms with Crippen molar-refractivity contribution in [3.63, 3.8) is 0 Å². The molecule has 7 rings (SSSR count). The van der Waals surface area contributed by atoms with Crippen LogP contribution < -0.4 is 0 Å². The van der Waals surface area contributed by atoms with Crippen LogP contribution in [0.25, 0.3) is 0 Å². The van der Waals surface area contributed by atoms with Gasteiger partial charge in [0.25, 0.3) is 6.47 Å². The van der Waals surface area contributed by atoms with Crippen molar-refractivity contribution in [3.8, 4) is 0 Å². The maximum Gasteiger partial charge on any atom is 0.309 e. The molecular weight excluding hydrogens is 292 g/mol. The van der Waals surface area contributed by atoms with Gasteiger partial charge < -0.3 is 9.47 Å². The molecule has 0 radical (unpaired) electrons. The van der Waals surface area contributed by atoms with Gasteiger partial charge in [-0.2, -0.15) is 0 Å². The number of carbonyl (C=O) groups is 2. The molecule has 1 heterocycles. The maximum absolute atomic E-state index is 12.2. The number of fused-ring (bicyclic) bond motifs is 1. The van der Waals surface area contributed by atoms with Crippen molar-refractivity contribution in [1.82, 2.24) is 0 Å². The molecule has 0 aromatic carbocycles. The Hall–Kier alpha value is -1.06. The molecule has 124 valence electrons. The normalized spacial score (nSPS) is 61.0. The molecule has 0 aromatic heterocycles. The van der Waals surface area contributed by atoms with E-state index < -0.39 is 5.60 Å². The molecule has 5 atom stereocenters. The molecule has 23 heavy (non-hydrogen) atoms. The number of carbonyl (C=O) groups excluding carboxylic acids is 2. The molecule has 7 aliphatic rings. The van der Waals surface area contributed by atoms with E-state index in [0.717, 1.165) is 30.6 Å². The second-order valence-electron chi connectivity index (χ2n) is 9.62. The van der Waals surface area contributed by atoms with E-state index in [1.165, 1.54) is 38.5 Å². The third-order valence-electron chi connectivity index (χ3n) is 8.56. The van der Waals surface area contributed by atoms with Crippen molar-refractivity contribution in [2.24, 2.45) is 40.9 Å². The lowest BCUT2D eigenvalue weighted by Gasteiger charge is -2.61. The van der Waals surface area contributed by atoms with E-state index in [1.807, 2.05) is 0 Å². The van der Waals surface area contributed by atoms with Crippen LogP contribution in [0.2, 0.25) is 0 Å². The first-order chi connectivity index (χ1) is 11.1. The first-order valence-electron chi connectivity index (χ1n) is 9.44. The van der Waals surface area contributed by atoms with Crippen LogP contribution in [-0.4, -0.2) is 24.1 Å². The van der Waals surface area contributed by atoms with Gasteiger partial charge >= 0.3 is 5.97 Å².